The first kappa shape index (κ1) is 14.6. The molecule has 1 atom stereocenters. The molecule has 2 aromatic rings. The molecule has 1 saturated carbocycles. The summed E-state index contributed by atoms with van der Waals surface area (Å²) in [7, 11) is -1.48. The molecule has 2 nitrogen and oxygen atoms in total. The van der Waals surface area contributed by atoms with E-state index in [1.807, 2.05) is 12.1 Å². The van der Waals surface area contributed by atoms with E-state index in [-0.39, 0.29) is 5.82 Å². The van der Waals surface area contributed by atoms with Crippen LogP contribution < -0.4 is 0 Å². The van der Waals surface area contributed by atoms with Crippen LogP contribution in [0, 0.1) is 5.82 Å². The van der Waals surface area contributed by atoms with Crippen molar-refractivity contribution in [2.45, 2.75) is 25.4 Å². The molecule has 1 heterocycles. The summed E-state index contributed by atoms with van der Waals surface area (Å²) in [5, 5.41) is 0. The van der Waals surface area contributed by atoms with Crippen LogP contribution >= 0.6 is 7.80 Å². The van der Waals surface area contributed by atoms with Gasteiger partial charge in [0.15, 0.2) is 0 Å². The first-order chi connectivity index (χ1) is 11.1. The highest BCUT2D eigenvalue weighted by Crippen LogP contribution is 2.49. The minimum atomic E-state index is -1.48. The summed E-state index contributed by atoms with van der Waals surface area (Å²) in [6.45, 7) is 2.59. The molecule has 4 rings (SSSR count). The Morgan fingerprint density at radius 2 is 1.78 bits per heavy atom. The largest absolute Gasteiger partial charge is 0.392 e. The first-order valence-corrected chi connectivity index (χ1v) is 9.62. The van der Waals surface area contributed by atoms with E-state index < -0.39 is 7.80 Å². The molecule has 0 aromatic heterocycles. The van der Waals surface area contributed by atoms with Crippen LogP contribution in [0.5, 0.6) is 0 Å². The van der Waals surface area contributed by atoms with Gasteiger partial charge in [-0.1, -0.05) is 41.0 Å². The number of fused-ring (bicyclic) bond motifs is 1. The SMILES string of the molecule is C[P+](=O)C1=C(c2ccc(F)cc2)c2ccccc2CN1C1CC1. The van der Waals surface area contributed by atoms with Gasteiger partial charge in [0.1, 0.15) is 12.5 Å². The van der Waals surface area contributed by atoms with Crippen molar-refractivity contribution in [2.75, 3.05) is 6.66 Å². The van der Waals surface area contributed by atoms with Crippen molar-refractivity contribution in [3.05, 3.63) is 76.5 Å². The molecule has 2 aromatic carbocycles. The van der Waals surface area contributed by atoms with E-state index >= 15 is 0 Å². The molecule has 1 aliphatic heterocycles. The van der Waals surface area contributed by atoms with Crippen molar-refractivity contribution in [1.82, 2.24) is 4.90 Å². The third-order valence-electron chi connectivity index (χ3n) is 4.54. The molecule has 23 heavy (non-hydrogen) atoms. The maximum Gasteiger partial charge on any atom is 0.392 e. The van der Waals surface area contributed by atoms with Gasteiger partial charge < -0.3 is 4.90 Å². The molecule has 2 aliphatic rings. The molecule has 4 heteroatoms. The minimum Gasteiger partial charge on any atom is -0.326 e. The number of hydrogen-bond donors (Lipinski definition) is 0. The summed E-state index contributed by atoms with van der Waals surface area (Å²) >= 11 is 0. The summed E-state index contributed by atoms with van der Waals surface area (Å²) in [6.07, 6.45) is 2.32. The van der Waals surface area contributed by atoms with Crippen LogP contribution in [0.3, 0.4) is 0 Å². The molecule has 0 amide bonds. The van der Waals surface area contributed by atoms with E-state index in [0.29, 0.717) is 6.04 Å². The van der Waals surface area contributed by atoms with Crippen molar-refractivity contribution < 1.29 is 8.96 Å². The highest BCUT2D eigenvalue weighted by molar-refractivity contribution is 7.48. The minimum absolute atomic E-state index is 0.250. The number of rotatable bonds is 3. The lowest BCUT2D eigenvalue weighted by atomic mass is 9.91. The zero-order chi connectivity index (χ0) is 16.0. The van der Waals surface area contributed by atoms with Gasteiger partial charge in [0.25, 0.3) is 5.44 Å². The molecule has 0 radical (unpaired) electrons. The lowest BCUT2D eigenvalue weighted by Gasteiger charge is -2.30. The lowest BCUT2D eigenvalue weighted by molar-refractivity contribution is 0.342. The summed E-state index contributed by atoms with van der Waals surface area (Å²) in [6, 6.07) is 15.3. The van der Waals surface area contributed by atoms with Crippen molar-refractivity contribution in [3.8, 4) is 0 Å². The van der Waals surface area contributed by atoms with Gasteiger partial charge in [-0.25, -0.2) is 4.39 Å². The lowest BCUT2D eigenvalue weighted by Crippen LogP contribution is -2.28. The van der Waals surface area contributed by atoms with Crippen molar-refractivity contribution in [2.24, 2.45) is 0 Å². The molecule has 0 bridgehead atoms. The Morgan fingerprint density at radius 1 is 1.09 bits per heavy atom. The van der Waals surface area contributed by atoms with Gasteiger partial charge in [-0.15, -0.1) is 0 Å². The Labute approximate surface area is 136 Å². The number of nitrogens with zero attached hydrogens (tertiary/aromatic N) is 1. The number of halogens is 1. The topological polar surface area (TPSA) is 20.3 Å². The molecule has 116 valence electrons. The van der Waals surface area contributed by atoms with Gasteiger partial charge in [-0.3, -0.25) is 0 Å². The van der Waals surface area contributed by atoms with E-state index in [0.717, 1.165) is 41.5 Å². The van der Waals surface area contributed by atoms with Crippen LogP contribution in [0.15, 0.2) is 54.0 Å². The molecule has 1 unspecified atom stereocenters. The standard InChI is InChI=1S/C19H18FNOP/c1-23(22)19-18(13-6-8-15(20)9-7-13)17-5-3-2-4-14(17)12-21(19)16-10-11-16/h2-9,16H,10-12H2,1H3/q+1. The second-order valence-corrected chi connectivity index (χ2v) is 7.64. The van der Waals surface area contributed by atoms with Gasteiger partial charge in [0.2, 0.25) is 0 Å². The summed E-state index contributed by atoms with van der Waals surface area (Å²) in [5.74, 6) is -0.250. The monoisotopic (exact) mass is 326 g/mol. The van der Waals surface area contributed by atoms with Crippen molar-refractivity contribution in [1.29, 1.82) is 0 Å². The average Bonchev–Trinajstić information content (AvgIpc) is 3.38. The maximum absolute atomic E-state index is 13.3. The fraction of sp³-hybridized carbons (Fsp3) is 0.263. The Balaban J connectivity index is 1.98. The van der Waals surface area contributed by atoms with E-state index in [9.17, 15) is 8.96 Å². The van der Waals surface area contributed by atoms with E-state index in [2.05, 4.69) is 17.0 Å². The van der Waals surface area contributed by atoms with E-state index in [4.69, 9.17) is 0 Å². The third-order valence-corrected chi connectivity index (χ3v) is 5.62. The highest BCUT2D eigenvalue weighted by atomic mass is 31.1. The van der Waals surface area contributed by atoms with Crippen LogP contribution in [0.1, 0.15) is 29.5 Å². The maximum atomic E-state index is 13.3. The molecule has 1 aliphatic carbocycles. The Bertz CT molecular complexity index is 808. The van der Waals surface area contributed by atoms with Gasteiger partial charge in [0.05, 0.1) is 5.57 Å². The van der Waals surface area contributed by atoms with Gasteiger partial charge >= 0.3 is 7.80 Å². The summed E-state index contributed by atoms with van der Waals surface area (Å²) in [5.41, 5.74) is 5.23. The summed E-state index contributed by atoms with van der Waals surface area (Å²) in [4.78, 5) is 2.31. The molecule has 1 fully saturated rings. The van der Waals surface area contributed by atoms with E-state index in [1.54, 1.807) is 18.8 Å². The number of benzene rings is 2. The molecule has 0 spiro atoms. The van der Waals surface area contributed by atoms with Crippen LogP contribution in [0.4, 0.5) is 4.39 Å². The third kappa shape index (κ3) is 2.60. The van der Waals surface area contributed by atoms with Crippen molar-refractivity contribution in [3.63, 3.8) is 0 Å². The molecule has 0 saturated heterocycles. The van der Waals surface area contributed by atoms with E-state index in [1.165, 1.54) is 17.7 Å². The Hall–Kier alpha value is -1.99. The predicted molar refractivity (Wildman–Crippen MR) is 91.0 cm³/mol. The summed E-state index contributed by atoms with van der Waals surface area (Å²) < 4.78 is 25.9. The second-order valence-electron chi connectivity index (χ2n) is 6.22. The van der Waals surface area contributed by atoms with Gasteiger partial charge in [-0.05, 0) is 41.7 Å². The second kappa shape index (κ2) is 5.58. The average molecular weight is 326 g/mol. The fourth-order valence-electron chi connectivity index (χ4n) is 3.35. The fourth-order valence-corrected chi connectivity index (χ4v) is 4.51. The molecular weight excluding hydrogens is 308 g/mol. The van der Waals surface area contributed by atoms with Crippen LogP contribution in [-0.4, -0.2) is 17.6 Å². The zero-order valence-electron chi connectivity index (χ0n) is 13.0. The normalized spacial score (nSPS) is 18.0. The predicted octanol–water partition coefficient (Wildman–Crippen LogP) is 4.98. The zero-order valence-corrected chi connectivity index (χ0v) is 13.9. The molecular formula is C19H18FNOP+. The van der Waals surface area contributed by atoms with Crippen LogP contribution in [0.25, 0.3) is 5.57 Å². The van der Waals surface area contributed by atoms with Gasteiger partial charge in [-0.2, -0.15) is 0 Å². The van der Waals surface area contributed by atoms with Crippen LogP contribution in [0.2, 0.25) is 0 Å². The first-order valence-electron chi connectivity index (χ1n) is 7.91. The molecule has 0 N–H and O–H groups in total. The quantitative estimate of drug-likeness (QED) is 0.742. The highest BCUT2D eigenvalue weighted by Gasteiger charge is 2.42. The Morgan fingerprint density at radius 3 is 2.43 bits per heavy atom. The van der Waals surface area contributed by atoms with Crippen LogP contribution in [-0.2, 0) is 11.1 Å². The van der Waals surface area contributed by atoms with Gasteiger partial charge in [0, 0.05) is 12.6 Å². The number of hydrogen-bond acceptors (Lipinski definition) is 2. The Kier molecular flexibility index (Phi) is 3.54. The van der Waals surface area contributed by atoms with Crippen molar-refractivity contribution >= 4 is 13.4 Å². The smallest absolute Gasteiger partial charge is 0.326 e.